The van der Waals surface area contributed by atoms with Gasteiger partial charge in [-0.3, -0.25) is 4.79 Å². The van der Waals surface area contributed by atoms with Gasteiger partial charge in [0.05, 0.1) is 24.7 Å². The summed E-state index contributed by atoms with van der Waals surface area (Å²) in [5.74, 6) is 2.62. The fourth-order valence-corrected chi connectivity index (χ4v) is 2.79. The van der Waals surface area contributed by atoms with Crippen molar-refractivity contribution in [1.29, 1.82) is 0 Å². The highest BCUT2D eigenvalue weighted by atomic mass is 16.5. The molecular formula is C25H32N6O4. The van der Waals surface area contributed by atoms with E-state index in [4.69, 9.17) is 14.2 Å². The zero-order chi connectivity index (χ0) is 25.8. The maximum absolute atomic E-state index is 10.8. The first-order chi connectivity index (χ1) is 16.8. The van der Waals surface area contributed by atoms with E-state index in [0.29, 0.717) is 47.5 Å². The second kappa shape index (κ2) is 13.7. The number of nitrogens with zero attached hydrogens (tertiary/aromatic N) is 5. The zero-order valence-electron chi connectivity index (χ0n) is 21.0. The minimum absolute atomic E-state index is 0.0788. The summed E-state index contributed by atoms with van der Waals surface area (Å²) in [7, 11) is 7.61. The van der Waals surface area contributed by atoms with Gasteiger partial charge in [0, 0.05) is 25.0 Å². The molecule has 1 unspecified atom stereocenters. The molecule has 2 heterocycles. The number of methoxy groups -OCH3 is 1. The van der Waals surface area contributed by atoms with Crippen LogP contribution < -0.4 is 9.47 Å². The van der Waals surface area contributed by atoms with E-state index in [1.165, 1.54) is 12.4 Å². The van der Waals surface area contributed by atoms with Crippen LogP contribution in [0.25, 0.3) is 17.5 Å². The Hall–Kier alpha value is -3.89. The topological polar surface area (TPSA) is 115 Å². The van der Waals surface area contributed by atoms with Crippen LogP contribution in [0.1, 0.15) is 30.2 Å². The van der Waals surface area contributed by atoms with Gasteiger partial charge in [0.25, 0.3) is 0 Å². The molecule has 10 nitrogen and oxygen atoms in total. The van der Waals surface area contributed by atoms with Crippen LogP contribution in [0.5, 0.6) is 17.2 Å². The van der Waals surface area contributed by atoms with Crippen LogP contribution in [-0.4, -0.2) is 78.3 Å². The quantitative estimate of drug-likeness (QED) is 0.335. The van der Waals surface area contributed by atoms with E-state index in [0.717, 1.165) is 5.56 Å². The Balaban J connectivity index is 0.00000100. The van der Waals surface area contributed by atoms with E-state index >= 15 is 0 Å². The molecule has 0 bridgehead atoms. The summed E-state index contributed by atoms with van der Waals surface area (Å²) in [6.45, 7) is 7.95. The molecule has 0 spiro atoms. The molecule has 0 aliphatic heterocycles. The highest BCUT2D eigenvalue weighted by molar-refractivity contribution is 5.70. The minimum atomic E-state index is -0.177. The average molecular weight is 481 g/mol. The maximum atomic E-state index is 10.8. The second-order valence-corrected chi connectivity index (χ2v) is 7.83. The maximum Gasteiger partial charge on any atom is 0.192 e. The number of hydrogen-bond acceptors (Lipinski definition) is 9. The van der Waals surface area contributed by atoms with Gasteiger partial charge in [-0.05, 0) is 53.2 Å². The summed E-state index contributed by atoms with van der Waals surface area (Å²) in [5.41, 5.74) is 1.43. The Morgan fingerprint density at radius 2 is 1.80 bits per heavy atom. The fourth-order valence-electron chi connectivity index (χ4n) is 2.79. The lowest BCUT2D eigenvalue weighted by molar-refractivity contribution is 0.0920. The summed E-state index contributed by atoms with van der Waals surface area (Å²) < 4.78 is 17.0. The Labute approximate surface area is 205 Å². The number of nitrogens with one attached hydrogen (secondary N) is 1. The van der Waals surface area contributed by atoms with Gasteiger partial charge in [-0.1, -0.05) is 6.58 Å². The van der Waals surface area contributed by atoms with Gasteiger partial charge in [-0.2, -0.15) is 0 Å². The predicted octanol–water partition coefficient (Wildman–Crippen LogP) is 4.43. The molecule has 0 saturated heterocycles. The molecule has 35 heavy (non-hydrogen) atoms. The lowest BCUT2D eigenvalue weighted by atomic mass is 10.2. The van der Waals surface area contributed by atoms with Crippen molar-refractivity contribution in [3.8, 4) is 28.6 Å². The standard InChI is InChI=1S/C22H23N5O4.C3H9N/c1-5-19-22(23-6-2)27-21(26-19)15-7-16(30-14(3)13-29-4)9-17(8-15)31-18-10-24-20(12-28)25-11-18;1-4(2)3/h5-12,14H,1,13H2,2-4H3,(H,26,27);1-3H3/b23-6-;. The first kappa shape index (κ1) is 27.4. The van der Waals surface area contributed by atoms with Crippen LogP contribution in [0, 0.1) is 0 Å². The highest BCUT2D eigenvalue weighted by Crippen LogP contribution is 2.33. The van der Waals surface area contributed by atoms with Crippen LogP contribution in [-0.2, 0) is 4.74 Å². The number of carbonyl (C=O) groups is 1. The summed E-state index contributed by atoms with van der Waals surface area (Å²) in [5, 5.41) is 0. The zero-order valence-corrected chi connectivity index (χ0v) is 21.0. The molecule has 1 atom stereocenters. The van der Waals surface area contributed by atoms with Crippen molar-refractivity contribution >= 4 is 24.4 Å². The molecule has 1 N–H and O–H groups in total. The van der Waals surface area contributed by atoms with E-state index in [1.807, 2.05) is 46.0 Å². The molecule has 0 aliphatic rings. The van der Waals surface area contributed by atoms with Crippen molar-refractivity contribution in [1.82, 2.24) is 24.8 Å². The summed E-state index contributed by atoms with van der Waals surface area (Å²) in [6.07, 6.45) is 6.56. The molecule has 1 aromatic carbocycles. The van der Waals surface area contributed by atoms with Crippen molar-refractivity contribution in [3.05, 3.63) is 48.7 Å². The molecule has 10 heteroatoms. The monoisotopic (exact) mass is 480 g/mol. The third-order valence-corrected chi connectivity index (χ3v) is 4.05. The number of aromatic nitrogens is 4. The first-order valence-corrected chi connectivity index (χ1v) is 10.9. The van der Waals surface area contributed by atoms with E-state index in [9.17, 15) is 4.79 Å². The van der Waals surface area contributed by atoms with Gasteiger partial charge < -0.3 is 24.1 Å². The fraction of sp³-hybridized carbons (Fsp3) is 0.320. The number of rotatable bonds is 10. The second-order valence-electron chi connectivity index (χ2n) is 7.83. The van der Waals surface area contributed by atoms with Crippen molar-refractivity contribution in [2.45, 2.75) is 20.0 Å². The average Bonchev–Trinajstić information content (AvgIpc) is 3.22. The highest BCUT2D eigenvalue weighted by Gasteiger charge is 2.14. The number of hydrogen-bond donors (Lipinski definition) is 1. The van der Waals surface area contributed by atoms with Crippen LogP contribution in [0.4, 0.5) is 5.82 Å². The molecule has 186 valence electrons. The van der Waals surface area contributed by atoms with E-state index in [1.54, 1.807) is 31.5 Å². The van der Waals surface area contributed by atoms with Gasteiger partial charge >= 0.3 is 0 Å². The van der Waals surface area contributed by atoms with Crippen molar-refractivity contribution < 1.29 is 19.0 Å². The summed E-state index contributed by atoms with van der Waals surface area (Å²) in [4.78, 5) is 32.6. The SMILES string of the molecule is C=Cc1[nH]c(-c2cc(Oc3cnc(C=O)nc3)cc(OC(C)COC)c2)nc1/N=C\C.CN(C)C. The van der Waals surface area contributed by atoms with E-state index in [-0.39, 0.29) is 11.9 Å². The summed E-state index contributed by atoms with van der Waals surface area (Å²) in [6, 6.07) is 5.38. The van der Waals surface area contributed by atoms with Crippen molar-refractivity contribution in [3.63, 3.8) is 0 Å². The number of imidazole rings is 1. The number of carbonyl (C=O) groups excluding carboxylic acids is 1. The molecule has 3 rings (SSSR count). The van der Waals surface area contributed by atoms with Crippen LogP contribution in [0.3, 0.4) is 0 Å². The third kappa shape index (κ3) is 8.76. The largest absolute Gasteiger partial charge is 0.488 e. The first-order valence-electron chi connectivity index (χ1n) is 10.9. The normalized spacial score (nSPS) is 11.6. The van der Waals surface area contributed by atoms with Crippen LogP contribution in [0.2, 0.25) is 0 Å². The Kier molecular flexibility index (Phi) is 10.7. The number of aldehydes is 1. The Morgan fingerprint density at radius 3 is 2.37 bits per heavy atom. The molecule has 0 amide bonds. The lowest BCUT2D eigenvalue weighted by Crippen LogP contribution is -2.17. The Bertz CT molecular complexity index is 1120. The molecule has 0 saturated carbocycles. The van der Waals surface area contributed by atoms with Crippen molar-refractivity contribution in [2.75, 3.05) is 34.9 Å². The number of aromatic amines is 1. The smallest absolute Gasteiger partial charge is 0.192 e. The predicted molar refractivity (Wildman–Crippen MR) is 137 cm³/mol. The van der Waals surface area contributed by atoms with E-state index < -0.39 is 0 Å². The Morgan fingerprint density at radius 1 is 1.14 bits per heavy atom. The molecule has 0 radical (unpaired) electrons. The van der Waals surface area contributed by atoms with Gasteiger partial charge in [0.2, 0.25) is 0 Å². The molecule has 2 aromatic heterocycles. The van der Waals surface area contributed by atoms with E-state index in [2.05, 4.69) is 31.5 Å². The van der Waals surface area contributed by atoms with Crippen LogP contribution >= 0.6 is 0 Å². The summed E-state index contributed by atoms with van der Waals surface area (Å²) >= 11 is 0. The van der Waals surface area contributed by atoms with Gasteiger partial charge in [0.1, 0.15) is 23.4 Å². The van der Waals surface area contributed by atoms with Gasteiger partial charge in [0.15, 0.2) is 23.7 Å². The van der Waals surface area contributed by atoms with Gasteiger partial charge in [-0.25, -0.2) is 19.9 Å². The molecule has 3 aromatic rings. The number of H-pyrrole nitrogens is 1. The molecule has 0 fully saturated rings. The number of benzene rings is 1. The van der Waals surface area contributed by atoms with Crippen LogP contribution in [0.15, 0.2) is 42.2 Å². The van der Waals surface area contributed by atoms with Crippen molar-refractivity contribution in [2.24, 2.45) is 4.99 Å². The molecule has 0 aliphatic carbocycles. The van der Waals surface area contributed by atoms with Gasteiger partial charge in [-0.15, -0.1) is 0 Å². The lowest BCUT2D eigenvalue weighted by Gasteiger charge is -2.16. The molecular weight excluding hydrogens is 448 g/mol. The minimum Gasteiger partial charge on any atom is -0.488 e. The number of aliphatic imine (C=N–C) groups is 1. The third-order valence-electron chi connectivity index (χ3n) is 4.05. The number of ether oxygens (including phenoxy) is 3.